The molecule has 1 saturated heterocycles. The Labute approximate surface area is 166 Å². The van der Waals surface area contributed by atoms with Crippen LogP contribution in [0.15, 0.2) is 35.3 Å². The van der Waals surface area contributed by atoms with E-state index >= 15 is 0 Å². The van der Waals surface area contributed by atoms with Gasteiger partial charge in [0.15, 0.2) is 5.96 Å². The lowest BCUT2D eigenvalue weighted by atomic mass is 10.1. The highest BCUT2D eigenvalue weighted by molar-refractivity contribution is 5.79. The summed E-state index contributed by atoms with van der Waals surface area (Å²) in [5, 5.41) is 6.90. The number of aliphatic imine (C=N–C) groups is 1. The third-order valence-corrected chi connectivity index (χ3v) is 5.55. The molecule has 0 amide bonds. The van der Waals surface area contributed by atoms with Crippen LogP contribution in [0.4, 0.5) is 0 Å². The Morgan fingerprint density at radius 2 is 2.04 bits per heavy atom. The van der Waals surface area contributed by atoms with Gasteiger partial charge in [0, 0.05) is 38.8 Å². The van der Waals surface area contributed by atoms with Gasteiger partial charge in [-0.25, -0.2) is 0 Å². The first-order chi connectivity index (χ1) is 13.1. The molecular weight excluding hydrogens is 334 g/mol. The van der Waals surface area contributed by atoms with Crippen molar-refractivity contribution in [3.05, 3.63) is 35.9 Å². The van der Waals surface area contributed by atoms with Crippen LogP contribution in [0.5, 0.6) is 0 Å². The second-order valence-corrected chi connectivity index (χ2v) is 7.73. The zero-order chi connectivity index (χ0) is 19.5. The van der Waals surface area contributed by atoms with Crippen LogP contribution < -0.4 is 10.6 Å². The number of nitrogens with one attached hydrogen (secondary N) is 2. The van der Waals surface area contributed by atoms with Crippen molar-refractivity contribution >= 4 is 5.96 Å². The SMILES string of the molecule is CCNC(=NCC1CCN(CC)C1)NCCC(C)N(C)Cc1ccccc1. The van der Waals surface area contributed by atoms with Gasteiger partial charge in [0.1, 0.15) is 0 Å². The average molecular weight is 374 g/mol. The van der Waals surface area contributed by atoms with Gasteiger partial charge >= 0.3 is 0 Å². The third-order valence-electron chi connectivity index (χ3n) is 5.55. The van der Waals surface area contributed by atoms with Crippen molar-refractivity contribution in [2.45, 2.75) is 46.2 Å². The summed E-state index contributed by atoms with van der Waals surface area (Å²) >= 11 is 0. The molecule has 152 valence electrons. The van der Waals surface area contributed by atoms with Gasteiger partial charge in [-0.1, -0.05) is 37.3 Å². The van der Waals surface area contributed by atoms with Crippen molar-refractivity contribution in [2.24, 2.45) is 10.9 Å². The molecule has 1 aliphatic rings. The zero-order valence-electron chi connectivity index (χ0n) is 17.7. The summed E-state index contributed by atoms with van der Waals surface area (Å²) in [5.41, 5.74) is 1.37. The monoisotopic (exact) mass is 373 g/mol. The van der Waals surface area contributed by atoms with Crippen LogP contribution in [0.2, 0.25) is 0 Å². The summed E-state index contributed by atoms with van der Waals surface area (Å²) in [6.07, 6.45) is 2.37. The van der Waals surface area contributed by atoms with E-state index in [2.05, 4.69) is 78.6 Å². The Morgan fingerprint density at radius 3 is 2.70 bits per heavy atom. The second kappa shape index (κ2) is 12.0. The number of hydrogen-bond donors (Lipinski definition) is 2. The molecule has 2 N–H and O–H groups in total. The molecule has 5 nitrogen and oxygen atoms in total. The molecule has 27 heavy (non-hydrogen) atoms. The van der Waals surface area contributed by atoms with Gasteiger partial charge in [-0.2, -0.15) is 0 Å². The number of nitrogens with zero attached hydrogens (tertiary/aromatic N) is 3. The highest BCUT2D eigenvalue weighted by atomic mass is 15.2. The molecule has 1 heterocycles. The molecule has 5 heteroatoms. The fourth-order valence-corrected chi connectivity index (χ4v) is 3.56. The van der Waals surface area contributed by atoms with Gasteiger partial charge < -0.3 is 15.5 Å². The fourth-order valence-electron chi connectivity index (χ4n) is 3.56. The number of guanidine groups is 1. The van der Waals surface area contributed by atoms with Crippen LogP contribution in [0.1, 0.15) is 39.2 Å². The molecule has 2 atom stereocenters. The molecule has 0 spiro atoms. The van der Waals surface area contributed by atoms with E-state index in [1.165, 1.54) is 25.1 Å². The average Bonchev–Trinajstić information content (AvgIpc) is 3.15. The molecule has 1 aliphatic heterocycles. The van der Waals surface area contributed by atoms with Crippen LogP contribution in [0, 0.1) is 5.92 Å². The van der Waals surface area contributed by atoms with Crippen LogP contribution in [-0.2, 0) is 6.54 Å². The number of likely N-dealkylation sites (tertiary alicyclic amines) is 1. The zero-order valence-corrected chi connectivity index (χ0v) is 17.7. The van der Waals surface area contributed by atoms with Crippen molar-refractivity contribution < 1.29 is 0 Å². The molecule has 0 saturated carbocycles. The molecule has 0 radical (unpaired) electrons. The molecular formula is C22H39N5. The largest absolute Gasteiger partial charge is 0.357 e. The van der Waals surface area contributed by atoms with E-state index in [1.807, 2.05) is 0 Å². The Bertz CT molecular complexity index is 545. The van der Waals surface area contributed by atoms with E-state index in [1.54, 1.807) is 0 Å². The Kier molecular flexibility index (Phi) is 9.64. The number of rotatable bonds is 10. The summed E-state index contributed by atoms with van der Waals surface area (Å²) in [6.45, 7) is 14.0. The topological polar surface area (TPSA) is 42.9 Å². The predicted molar refractivity (Wildman–Crippen MR) is 116 cm³/mol. The molecule has 0 aromatic heterocycles. The minimum absolute atomic E-state index is 0.522. The summed E-state index contributed by atoms with van der Waals surface area (Å²) in [6, 6.07) is 11.2. The summed E-state index contributed by atoms with van der Waals surface area (Å²) in [5.74, 6) is 1.67. The lowest BCUT2D eigenvalue weighted by molar-refractivity contribution is 0.238. The maximum atomic E-state index is 4.83. The Morgan fingerprint density at radius 1 is 1.26 bits per heavy atom. The third kappa shape index (κ3) is 7.89. The second-order valence-electron chi connectivity index (χ2n) is 7.73. The lowest BCUT2D eigenvalue weighted by Gasteiger charge is -2.25. The van der Waals surface area contributed by atoms with Crippen LogP contribution in [0.3, 0.4) is 0 Å². The Hall–Kier alpha value is -1.59. The summed E-state index contributed by atoms with van der Waals surface area (Å²) in [7, 11) is 2.20. The van der Waals surface area contributed by atoms with Crippen LogP contribution >= 0.6 is 0 Å². The van der Waals surface area contributed by atoms with Gasteiger partial charge in [0.25, 0.3) is 0 Å². The molecule has 0 bridgehead atoms. The Balaban J connectivity index is 1.72. The minimum atomic E-state index is 0.522. The van der Waals surface area contributed by atoms with E-state index in [0.29, 0.717) is 12.0 Å². The van der Waals surface area contributed by atoms with Crippen molar-refractivity contribution in [2.75, 3.05) is 46.3 Å². The van der Waals surface area contributed by atoms with Gasteiger partial charge in [0.05, 0.1) is 0 Å². The molecule has 1 fully saturated rings. The molecule has 0 aliphatic carbocycles. The lowest BCUT2D eigenvalue weighted by Crippen LogP contribution is -2.40. The van der Waals surface area contributed by atoms with Crippen molar-refractivity contribution in [1.29, 1.82) is 0 Å². The highest BCUT2D eigenvalue weighted by Gasteiger charge is 2.20. The van der Waals surface area contributed by atoms with Crippen LogP contribution in [-0.4, -0.2) is 68.1 Å². The normalized spacial score (nSPS) is 19.4. The molecule has 2 rings (SSSR count). The van der Waals surface area contributed by atoms with E-state index < -0.39 is 0 Å². The minimum Gasteiger partial charge on any atom is -0.357 e. The number of benzene rings is 1. The highest BCUT2D eigenvalue weighted by Crippen LogP contribution is 2.15. The van der Waals surface area contributed by atoms with E-state index in [4.69, 9.17) is 4.99 Å². The van der Waals surface area contributed by atoms with E-state index in [-0.39, 0.29) is 0 Å². The quantitative estimate of drug-likeness (QED) is 0.489. The van der Waals surface area contributed by atoms with Crippen LogP contribution in [0.25, 0.3) is 0 Å². The van der Waals surface area contributed by atoms with Gasteiger partial charge in [-0.3, -0.25) is 9.89 Å². The van der Waals surface area contributed by atoms with Gasteiger partial charge in [-0.15, -0.1) is 0 Å². The van der Waals surface area contributed by atoms with Gasteiger partial charge in [0.2, 0.25) is 0 Å². The molecule has 2 unspecified atom stereocenters. The fraction of sp³-hybridized carbons (Fsp3) is 0.682. The number of hydrogen-bond acceptors (Lipinski definition) is 3. The first-order valence-corrected chi connectivity index (χ1v) is 10.6. The molecule has 1 aromatic rings. The molecule has 1 aromatic carbocycles. The standard InChI is InChI=1S/C22H39N5/c1-5-23-22(25-16-21-13-15-27(6-2)18-21)24-14-12-19(3)26(4)17-20-10-8-7-9-11-20/h7-11,19,21H,5-6,12-18H2,1-4H3,(H2,23,24,25). The maximum absolute atomic E-state index is 4.83. The first-order valence-electron chi connectivity index (χ1n) is 10.6. The summed E-state index contributed by atoms with van der Waals surface area (Å²) < 4.78 is 0. The van der Waals surface area contributed by atoms with Crippen molar-refractivity contribution in [3.8, 4) is 0 Å². The van der Waals surface area contributed by atoms with Crippen molar-refractivity contribution in [3.63, 3.8) is 0 Å². The van der Waals surface area contributed by atoms with Gasteiger partial charge in [-0.05, 0) is 58.3 Å². The van der Waals surface area contributed by atoms with E-state index in [0.717, 1.165) is 45.1 Å². The van der Waals surface area contributed by atoms with Crippen molar-refractivity contribution in [1.82, 2.24) is 20.4 Å². The first kappa shape index (κ1) is 21.7. The van der Waals surface area contributed by atoms with E-state index in [9.17, 15) is 0 Å². The predicted octanol–water partition coefficient (Wildman–Crippen LogP) is 2.79. The summed E-state index contributed by atoms with van der Waals surface area (Å²) in [4.78, 5) is 9.76. The smallest absolute Gasteiger partial charge is 0.191 e. The maximum Gasteiger partial charge on any atom is 0.191 e.